The number of benzene rings is 2. The fourth-order valence-electron chi connectivity index (χ4n) is 3.50. The fraction of sp³-hybridized carbons (Fsp3) is 0.167. The molecule has 11 heteroatoms. The zero-order valence-corrected chi connectivity index (χ0v) is 19.4. The van der Waals surface area contributed by atoms with Gasteiger partial charge in [-0.2, -0.15) is 9.97 Å². The number of nitrogens with two attached hydrogens (primary N) is 1. The number of fused-ring (bicyclic) bond motifs is 1. The van der Waals surface area contributed by atoms with E-state index in [-0.39, 0.29) is 29.7 Å². The summed E-state index contributed by atoms with van der Waals surface area (Å²) in [7, 11) is 3.63. The first-order chi connectivity index (χ1) is 16.7. The van der Waals surface area contributed by atoms with E-state index in [0.29, 0.717) is 28.2 Å². The van der Waals surface area contributed by atoms with E-state index >= 15 is 0 Å². The number of primary amides is 1. The van der Waals surface area contributed by atoms with Gasteiger partial charge in [0.2, 0.25) is 11.9 Å². The van der Waals surface area contributed by atoms with Gasteiger partial charge in [0, 0.05) is 17.6 Å². The fourth-order valence-corrected chi connectivity index (χ4v) is 3.50. The first kappa shape index (κ1) is 23.6. The number of anilines is 5. The van der Waals surface area contributed by atoms with E-state index in [2.05, 4.69) is 30.9 Å². The Hall–Kier alpha value is -4.51. The van der Waals surface area contributed by atoms with Crippen LogP contribution in [-0.4, -0.2) is 52.3 Å². The number of aryl methyl sites for hydroxylation is 1. The molecule has 0 radical (unpaired) electrons. The van der Waals surface area contributed by atoms with Crippen molar-refractivity contribution in [2.24, 2.45) is 5.73 Å². The van der Waals surface area contributed by atoms with Crippen LogP contribution in [0.3, 0.4) is 0 Å². The molecule has 0 spiro atoms. The van der Waals surface area contributed by atoms with Crippen molar-refractivity contribution in [2.75, 3.05) is 36.6 Å². The Balaban J connectivity index is 1.66. The first-order valence-electron chi connectivity index (χ1n) is 10.7. The van der Waals surface area contributed by atoms with Gasteiger partial charge in [-0.05, 0) is 63.0 Å². The maximum absolute atomic E-state index is 13.9. The van der Waals surface area contributed by atoms with Crippen LogP contribution in [0.25, 0.3) is 11.0 Å². The molecule has 0 fully saturated rings. The zero-order valence-electron chi connectivity index (χ0n) is 19.4. The summed E-state index contributed by atoms with van der Waals surface area (Å²) in [5.41, 5.74) is 8.50. The average Bonchev–Trinajstić information content (AvgIpc) is 3.24. The summed E-state index contributed by atoms with van der Waals surface area (Å²) >= 11 is 0. The maximum Gasteiger partial charge on any atom is 0.250 e. The minimum Gasteiger partial charge on any atom is -0.366 e. The Bertz CT molecular complexity index is 1420. The number of amides is 2. The number of aromatic amines is 1. The lowest BCUT2D eigenvalue weighted by molar-refractivity contribution is -0.116. The molecule has 2 amide bonds. The summed E-state index contributed by atoms with van der Waals surface area (Å²) in [5.74, 6) is -0.770. The van der Waals surface area contributed by atoms with Gasteiger partial charge in [0.15, 0.2) is 0 Å². The molecule has 2 heterocycles. The van der Waals surface area contributed by atoms with Crippen molar-refractivity contribution >= 4 is 51.7 Å². The number of nitrogens with zero attached hydrogens (tertiary/aromatic N) is 3. The Morgan fingerprint density at radius 1 is 1.06 bits per heavy atom. The van der Waals surface area contributed by atoms with Gasteiger partial charge in [0.25, 0.3) is 5.91 Å². The Morgan fingerprint density at radius 2 is 1.86 bits per heavy atom. The van der Waals surface area contributed by atoms with Crippen LogP contribution in [0.2, 0.25) is 0 Å². The van der Waals surface area contributed by atoms with Crippen molar-refractivity contribution in [1.29, 1.82) is 0 Å². The highest BCUT2D eigenvalue weighted by Crippen LogP contribution is 2.29. The van der Waals surface area contributed by atoms with E-state index in [9.17, 15) is 14.0 Å². The molecule has 0 aliphatic heterocycles. The topological polar surface area (TPSA) is 141 Å². The molecular weight excluding hydrogens is 451 g/mol. The molecule has 35 heavy (non-hydrogen) atoms. The molecule has 0 aliphatic carbocycles. The number of likely N-dealkylation sites (N-methyl/N-ethyl adjacent to an activating group) is 1. The van der Waals surface area contributed by atoms with Crippen molar-refractivity contribution < 1.29 is 14.0 Å². The molecule has 0 aliphatic rings. The summed E-state index contributed by atoms with van der Waals surface area (Å²) in [4.78, 5) is 37.8. The maximum atomic E-state index is 13.9. The Labute approximate surface area is 200 Å². The molecule has 180 valence electrons. The minimum absolute atomic E-state index is 0.125. The second-order valence-electron chi connectivity index (χ2n) is 8.26. The van der Waals surface area contributed by atoms with Crippen LogP contribution in [-0.2, 0) is 4.79 Å². The van der Waals surface area contributed by atoms with Crippen molar-refractivity contribution in [2.45, 2.75) is 6.92 Å². The van der Waals surface area contributed by atoms with Gasteiger partial charge in [0.1, 0.15) is 17.3 Å². The van der Waals surface area contributed by atoms with E-state index < -0.39 is 11.7 Å². The second-order valence-corrected chi connectivity index (χ2v) is 8.26. The molecule has 0 saturated carbocycles. The number of aromatic nitrogens is 3. The normalized spacial score (nSPS) is 11.0. The van der Waals surface area contributed by atoms with Crippen LogP contribution in [0.1, 0.15) is 15.9 Å². The van der Waals surface area contributed by atoms with Crippen molar-refractivity contribution in [3.63, 3.8) is 0 Å². The third kappa shape index (κ3) is 5.53. The average molecular weight is 477 g/mol. The molecule has 0 bridgehead atoms. The monoisotopic (exact) mass is 476 g/mol. The number of carbonyl (C=O) groups excluding carboxylic acids is 2. The number of H-pyrrole nitrogens is 1. The number of rotatable bonds is 8. The standard InChI is InChI=1S/C24H25FN8O2/c1-13-4-6-15(28-20(34)12-33(2)3)11-18(13)30-24-31-22-17(8-9-27-22)23(32-24)29-19-10-14(25)5-7-16(19)21(26)35/h4-11H,12H2,1-3H3,(H2,26,35)(H,28,34)(H3,27,29,30,31,32). The van der Waals surface area contributed by atoms with Gasteiger partial charge in [-0.3, -0.25) is 9.59 Å². The summed E-state index contributed by atoms with van der Waals surface area (Å²) in [5, 5.41) is 9.68. The Morgan fingerprint density at radius 3 is 2.60 bits per heavy atom. The minimum atomic E-state index is -0.700. The molecule has 2 aromatic carbocycles. The lowest BCUT2D eigenvalue weighted by Gasteiger charge is -2.15. The molecule has 4 rings (SSSR count). The summed E-state index contributed by atoms with van der Waals surface area (Å²) in [6.07, 6.45) is 1.70. The van der Waals surface area contributed by atoms with Gasteiger partial charge in [-0.25, -0.2) is 4.39 Å². The van der Waals surface area contributed by atoms with Crippen LogP contribution in [0.15, 0.2) is 48.7 Å². The molecule has 0 saturated heterocycles. The highest BCUT2D eigenvalue weighted by atomic mass is 19.1. The van der Waals surface area contributed by atoms with E-state index in [0.717, 1.165) is 11.6 Å². The number of hydrogen-bond acceptors (Lipinski definition) is 7. The lowest BCUT2D eigenvalue weighted by atomic mass is 10.1. The quantitative estimate of drug-likeness (QED) is 0.262. The van der Waals surface area contributed by atoms with Gasteiger partial charge >= 0.3 is 0 Å². The smallest absolute Gasteiger partial charge is 0.250 e. The molecule has 0 unspecified atom stereocenters. The third-order valence-electron chi connectivity index (χ3n) is 5.14. The summed E-state index contributed by atoms with van der Waals surface area (Å²) in [6, 6.07) is 10.9. The highest BCUT2D eigenvalue weighted by Gasteiger charge is 2.15. The second kappa shape index (κ2) is 9.77. The van der Waals surface area contributed by atoms with Crippen LogP contribution in [0.5, 0.6) is 0 Å². The van der Waals surface area contributed by atoms with Gasteiger partial charge < -0.3 is 31.6 Å². The predicted molar refractivity (Wildman–Crippen MR) is 134 cm³/mol. The van der Waals surface area contributed by atoms with Gasteiger partial charge in [0.05, 0.1) is 23.2 Å². The third-order valence-corrected chi connectivity index (χ3v) is 5.14. The lowest BCUT2D eigenvalue weighted by Crippen LogP contribution is -2.27. The zero-order chi connectivity index (χ0) is 25.1. The molecule has 2 aromatic heterocycles. The first-order valence-corrected chi connectivity index (χ1v) is 10.7. The number of halogens is 1. The van der Waals surface area contributed by atoms with Crippen LogP contribution < -0.4 is 21.7 Å². The summed E-state index contributed by atoms with van der Waals surface area (Å²) in [6.45, 7) is 2.16. The molecule has 0 atom stereocenters. The predicted octanol–water partition coefficient (Wildman–Crippen LogP) is 3.49. The van der Waals surface area contributed by atoms with Gasteiger partial charge in [-0.15, -0.1) is 0 Å². The highest BCUT2D eigenvalue weighted by molar-refractivity contribution is 6.00. The molecule has 10 nitrogen and oxygen atoms in total. The number of carbonyl (C=O) groups is 2. The van der Waals surface area contributed by atoms with Crippen molar-refractivity contribution in [3.8, 4) is 0 Å². The van der Waals surface area contributed by atoms with Crippen molar-refractivity contribution in [3.05, 3.63) is 65.6 Å². The molecule has 4 aromatic rings. The van der Waals surface area contributed by atoms with Crippen LogP contribution in [0, 0.1) is 12.7 Å². The molecular formula is C24H25FN8O2. The SMILES string of the molecule is Cc1ccc(NC(=O)CN(C)C)cc1Nc1nc(Nc2cc(F)ccc2C(N)=O)c2cc[nH]c2n1. The van der Waals surface area contributed by atoms with E-state index in [1.165, 1.54) is 12.1 Å². The van der Waals surface area contributed by atoms with Crippen LogP contribution in [0.4, 0.5) is 33.2 Å². The number of nitrogens with one attached hydrogen (secondary N) is 4. The van der Waals surface area contributed by atoms with E-state index in [1.54, 1.807) is 23.2 Å². The van der Waals surface area contributed by atoms with Crippen LogP contribution >= 0.6 is 0 Å². The van der Waals surface area contributed by atoms with Crippen molar-refractivity contribution in [1.82, 2.24) is 19.9 Å². The van der Waals surface area contributed by atoms with E-state index in [1.807, 2.05) is 33.2 Å². The largest absolute Gasteiger partial charge is 0.366 e. The Kier molecular flexibility index (Phi) is 6.60. The number of hydrogen-bond donors (Lipinski definition) is 5. The molecule has 6 N–H and O–H groups in total. The van der Waals surface area contributed by atoms with Gasteiger partial charge in [-0.1, -0.05) is 6.07 Å². The summed E-state index contributed by atoms with van der Waals surface area (Å²) < 4.78 is 13.9. The van der Waals surface area contributed by atoms with E-state index in [4.69, 9.17) is 5.73 Å².